The van der Waals surface area contributed by atoms with Crippen molar-refractivity contribution in [3.8, 4) is 11.1 Å². The second-order valence-electron chi connectivity index (χ2n) is 5.70. The van der Waals surface area contributed by atoms with Crippen molar-refractivity contribution in [3.05, 3.63) is 88.4 Å². The van der Waals surface area contributed by atoms with Crippen LogP contribution in [0.25, 0.3) is 11.1 Å². The summed E-state index contributed by atoms with van der Waals surface area (Å²) in [5.41, 5.74) is 10.6. The summed E-state index contributed by atoms with van der Waals surface area (Å²) in [4.78, 5) is 12.6. The van der Waals surface area contributed by atoms with E-state index >= 15 is 0 Å². The number of nitrogen functional groups attached to an aromatic ring is 1. The van der Waals surface area contributed by atoms with Crippen LogP contribution in [0.1, 0.15) is 27.6 Å². The van der Waals surface area contributed by atoms with Gasteiger partial charge in [-0.05, 0) is 29.3 Å². The molecule has 4 heteroatoms. The van der Waals surface area contributed by atoms with Crippen LogP contribution in [-0.4, -0.2) is 5.97 Å². The van der Waals surface area contributed by atoms with E-state index in [-0.39, 0.29) is 5.56 Å². The van der Waals surface area contributed by atoms with E-state index in [0.717, 1.165) is 22.3 Å². The van der Waals surface area contributed by atoms with Crippen LogP contribution in [0.5, 0.6) is 0 Å². The summed E-state index contributed by atoms with van der Waals surface area (Å²) in [7, 11) is 0. The minimum Gasteiger partial charge on any atom is -0.449 e. The van der Waals surface area contributed by atoms with Crippen molar-refractivity contribution in [2.75, 3.05) is 5.73 Å². The number of halogens is 1. The average Bonchev–Trinajstić information content (AvgIpc) is 2.92. The molecule has 3 aromatic rings. The molecular formula is C20H14ClNO2. The Balaban J connectivity index is 1.75. The zero-order chi connectivity index (χ0) is 16.7. The third-order valence-electron chi connectivity index (χ3n) is 4.21. The maximum atomic E-state index is 12.6. The van der Waals surface area contributed by atoms with Crippen molar-refractivity contribution in [1.29, 1.82) is 0 Å². The van der Waals surface area contributed by atoms with Crippen LogP contribution in [0, 0.1) is 0 Å². The van der Waals surface area contributed by atoms with Crippen LogP contribution in [0.3, 0.4) is 0 Å². The predicted octanol–water partition coefficient (Wildman–Crippen LogP) is 4.85. The Hall–Kier alpha value is -2.78. The Kier molecular flexibility index (Phi) is 3.51. The monoisotopic (exact) mass is 335 g/mol. The van der Waals surface area contributed by atoms with Gasteiger partial charge in [-0.25, -0.2) is 4.79 Å². The molecule has 0 atom stereocenters. The Morgan fingerprint density at radius 3 is 2.12 bits per heavy atom. The molecule has 118 valence electrons. The number of anilines is 1. The summed E-state index contributed by atoms with van der Waals surface area (Å²) in [6.07, 6.45) is -0.442. The number of carbonyl (C=O) groups is 1. The van der Waals surface area contributed by atoms with E-state index in [1.54, 1.807) is 12.1 Å². The molecule has 0 amide bonds. The van der Waals surface area contributed by atoms with E-state index in [1.807, 2.05) is 48.5 Å². The highest BCUT2D eigenvalue weighted by Crippen LogP contribution is 2.45. The Bertz CT molecular complexity index is 906. The lowest BCUT2D eigenvalue weighted by molar-refractivity contribution is 0.0386. The standard InChI is InChI=1S/C20H14ClNO2/c21-18-10-9-12(22)11-17(18)20(23)24-19-15-7-3-1-5-13(15)14-6-2-4-8-16(14)19/h1-11,19H,22H2. The molecule has 2 N–H and O–H groups in total. The maximum absolute atomic E-state index is 12.6. The van der Waals surface area contributed by atoms with Gasteiger partial charge in [-0.3, -0.25) is 0 Å². The number of esters is 1. The third kappa shape index (κ3) is 2.34. The molecule has 0 aromatic heterocycles. The van der Waals surface area contributed by atoms with Gasteiger partial charge >= 0.3 is 5.97 Å². The Morgan fingerprint density at radius 1 is 0.917 bits per heavy atom. The fraction of sp³-hybridized carbons (Fsp3) is 0.0500. The van der Waals surface area contributed by atoms with Crippen LogP contribution < -0.4 is 5.73 Å². The van der Waals surface area contributed by atoms with Crippen molar-refractivity contribution < 1.29 is 9.53 Å². The van der Waals surface area contributed by atoms with Gasteiger partial charge < -0.3 is 10.5 Å². The zero-order valence-electron chi connectivity index (χ0n) is 12.7. The van der Waals surface area contributed by atoms with Crippen molar-refractivity contribution in [2.24, 2.45) is 0 Å². The van der Waals surface area contributed by atoms with Gasteiger partial charge in [0.25, 0.3) is 0 Å². The molecule has 24 heavy (non-hydrogen) atoms. The molecule has 0 fully saturated rings. The molecular weight excluding hydrogens is 322 g/mol. The summed E-state index contributed by atoms with van der Waals surface area (Å²) < 4.78 is 5.81. The fourth-order valence-electron chi connectivity index (χ4n) is 3.11. The number of carbonyl (C=O) groups excluding carboxylic acids is 1. The van der Waals surface area contributed by atoms with E-state index in [9.17, 15) is 4.79 Å². The van der Waals surface area contributed by atoms with Crippen LogP contribution >= 0.6 is 11.6 Å². The van der Waals surface area contributed by atoms with Gasteiger partial charge in [0, 0.05) is 16.8 Å². The molecule has 0 saturated carbocycles. The number of hydrogen-bond acceptors (Lipinski definition) is 3. The minimum absolute atomic E-state index is 0.276. The fourth-order valence-corrected chi connectivity index (χ4v) is 3.30. The number of rotatable bonds is 2. The molecule has 0 spiro atoms. The van der Waals surface area contributed by atoms with Crippen LogP contribution in [0.2, 0.25) is 5.02 Å². The quantitative estimate of drug-likeness (QED) is 0.538. The third-order valence-corrected chi connectivity index (χ3v) is 4.54. The molecule has 4 rings (SSSR count). The van der Waals surface area contributed by atoms with Crippen molar-refractivity contribution in [3.63, 3.8) is 0 Å². The molecule has 1 aliphatic carbocycles. The SMILES string of the molecule is Nc1ccc(Cl)c(C(=O)OC2c3ccccc3-c3ccccc32)c1. The first-order valence-electron chi connectivity index (χ1n) is 7.59. The van der Waals surface area contributed by atoms with Crippen molar-refractivity contribution >= 4 is 23.3 Å². The average molecular weight is 336 g/mol. The van der Waals surface area contributed by atoms with Gasteiger partial charge in [-0.2, -0.15) is 0 Å². The Morgan fingerprint density at radius 2 is 1.50 bits per heavy atom. The number of fused-ring (bicyclic) bond motifs is 3. The molecule has 0 radical (unpaired) electrons. The molecule has 0 heterocycles. The summed E-state index contributed by atoms with van der Waals surface area (Å²) in [5, 5.41) is 0.328. The lowest BCUT2D eigenvalue weighted by Crippen LogP contribution is -2.12. The van der Waals surface area contributed by atoms with E-state index in [0.29, 0.717) is 10.7 Å². The number of ether oxygens (including phenoxy) is 1. The lowest BCUT2D eigenvalue weighted by atomic mass is 10.1. The first kappa shape index (κ1) is 14.8. The van der Waals surface area contributed by atoms with Gasteiger partial charge in [0.05, 0.1) is 10.6 Å². The summed E-state index contributed by atoms with van der Waals surface area (Å²) in [6, 6.07) is 20.7. The second kappa shape index (κ2) is 5.69. The highest BCUT2D eigenvalue weighted by Gasteiger charge is 2.31. The number of nitrogens with two attached hydrogens (primary N) is 1. The first-order valence-corrected chi connectivity index (χ1v) is 7.97. The molecule has 3 aromatic carbocycles. The van der Waals surface area contributed by atoms with Gasteiger partial charge in [-0.1, -0.05) is 60.1 Å². The Labute approximate surface area is 144 Å². The zero-order valence-corrected chi connectivity index (χ0v) is 13.5. The molecule has 0 bridgehead atoms. The summed E-state index contributed by atoms with van der Waals surface area (Å²) in [6.45, 7) is 0. The molecule has 3 nitrogen and oxygen atoms in total. The number of hydrogen-bond donors (Lipinski definition) is 1. The first-order chi connectivity index (χ1) is 11.6. The number of benzene rings is 3. The molecule has 1 aliphatic rings. The van der Waals surface area contributed by atoms with E-state index in [1.165, 1.54) is 6.07 Å². The van der Waals surface area contributed by atoms with E-state index in [4.69, 9.17) is 22.1 Å². The van der Waals surface area contributed by atoms with Crippen molar-refractivity contribution in [2.45, 2.75) is 6.10 Å². The highest BCUT2D eigenvalue weighted by molar-refractivity contribution is 6.33. The van der Waals surface area contributed by atoms with E-state index < -0.39 is 12.1 Å². The summed E-state index contributed by atoms with van der Waals surface area (Å²) in [5.74, 6) is -0.483. The lowest BCUT2D eigenvalue weighted by Gasteiger charge is -2.16. The molecule has 0 unspecified atom stereocenters. The van der Waals surface area contributed by atoms with Crippen molar-refractivity contribution in [1.82, 2.24) is 0 Å². The molecule has 0 saturated heterocycles. The topological polar surface area (TPSA) is 52.3 Å². The van der Waals surface area contributed by atoms with Gasteiger partial charge in [0.1, 0.15) is 0 Å². The highest BCUT2D eigenvalue weighted by atomic mass is 35.5. The largest absolute Gasteiger partial charge is 0.449 e. The summed E-state index contributed by atoms with van der Waals surface area (Å²) >= 11 is 6.12. The maximum Gasteiger partial charge on any atom is 0.340 e. The minimum atomic E-state index is -0.483. The smallest absolute Gasteiger partial charge is 0.340 e. The predicted molar refractivity (Wildman–Crippen MR) is 95.0 cm³/mol. The van der Waals surface area contributed by atoms with E-state index in [2.05, 4.69) is 0 Å². The van der Waals surface area contributed by atoms with Gasteiger partial charge in [0.15, 0.2) is 6.10 Å². The van der Waals surface area contributed by atoms with Gasteiger partial charge in [0.2, 0.25) is 0 Å². The normalized spacial score (nSPS) is 12.5. The second-order valence-corrected chi connectivity index (χ2v) is 6.11. The van der Waals surface area contributed by atoms with Crippen LogP contribution in [0.15, 0.2) is 66.7 Å². The van der Waals surface area contributed by atoms with Gasteiger partial charge in [-0.15, -0.1) is 0 Å². The van der Waals surface area contributed by atoms with Crippen LogP contribution in [0.4, 0.5) is 5.69 Å². The molecule has 0 aliphatic heterocycles. The van der Waals surface area contributed by atoms with Crippen LogP contribution in [-0.2, 0) is 4.74 Å².